The topological polar surface area (TPSA) is 24.9 Å². The molecule has 0 bridgehead atoms. The van der Waals surface area contributed by atoms with Crippen LogP contribution in [0.2, 0.25) is 0 Å². The first kappa shape index (κ1) is 9.79. The van der Waals surface area contributed by atoms with Crippen molar-refractivity contribution in [3.63, 3.8) is 0 Å². The fraction of sp³-hybridized carbons (Fsp3) is 0.357. The van der Waals surface area contributed by atoms with Crippen molar-refractivity contribution < 1.29 is 0 Å². The van der Waals surface area contributed by atoms with Gasteiger partial charge in [0.05, 0.1) is 0 Å². The van der Waals surface area contributed by atoms with Gasteiger partial charge in [0.25, 0.3) is 0 Å². The summed E-state index contributed by atoms with van der Waals surface area (Å²) in [5.74, 6) is 0.874. The first-order valence-electron chi connectivity index (χ1n) is 5.89. The minimum absolute atomic E-state index is 0.608. The lowest BCUT2D eigenvalue weighted by Crippen LogP contribution is -2.52. The van der Waals surface area contributed by atoms with Crippen molar-refractivity contribution in [2.75, 3.05) is 6.54 Å². The van der Waals surface area contributed by atoms with Gasteiger partial charge in [0, 0.05) is 25.0 Å². The maximum atomic E-state index is 4.26. The minimum atomic E-state index is 0.608. The van der Waals surface area contributed by atoms with Gasteiger partial charge in [-0.2, -0.15) is 0 Å². The van der Waals surface area contributed by atoms with Gasteiger partial charge in [0.2, 0.25) is 0 Å². The van der Waals surface area contributed by atoms with Crippen molar-refractivity contribution in [2.24, 2.45) is 5.92 Å². The number of hydrogen-bond acceptors (Lipinski definition) is 2. The van der Waals surface area contributed by atoms with Crippen molar-refractivity contribution in [3.8, 4) is 0 Å². The first-order chi connectivity index (χ1) is 7.86. The van der Waals surface area contributed by atoms with E-state index < -0.39 is 0 Å². The molecule has 2 aliphatic rings. The molecule has 0 spiro atoms. The van der Waals surface area contributed by atoms with Crippen molar-refractivity contribution in [3.05, 3.63) is 42.2 Å². The molecule has 0 saturated carbocycles. The second-order valence-electron chi connectivity index (χ2n) is 4.64. The highest BCUT2D eigenvalue weighted by Crippen LogP contribution is 2.33. The van der Waals surface area contributed by atoms with Gasteiger partial charge in [0.1, 0.15) is 0 Å². The van der Waals surface area contributed by atoms with Crippen molar-refractivity contribution in [2.45, 2.75) is 18.9 Å². The predicted octanol–water partition coefficient (Wildman–Crippen LogP) is 2.49. The van der Waals surface area contributed by atoms with E-state index in [-0.39, 0.29) is 0 Å². The van der Waals surface area contributed by atoms with E-state index in [9.17, 15) is 0 Å². The largest absolute Gasteiger partial charge is 0.310 e. The Hall–Kier alpha value is -1.41. The number of nitrogens with zero attached hydrogens (tertiary/aromatic N) is 1. The summed E-state index contributed by atoms with van der Waals surface area (Å²) in [6, 6.07) is 2.78. The molecule has 1 aliphatic carbocycles. The summed E-state index contributed by atoms with van der Waals surface area (Å²) in [6.45, 7) is 4.98. The van der Waals surface area contributed by atoms with Crippen LogP contribution in [0, 0.1) is 5.92 Å². The van der Waals surface area contributed by atoms with Crippen LogP contribution in [-0.2, 0) is 0 Å². The summed E-state index contributed by atoms with van der Waals surface area (Å²) in [6.07, 6.45) is 10.5. The summed E-state index contributed by atoms with van der Waals surface area (Å²) < 4.78 is 0. The van der Waals surface area contributed by atoms with Gasteiger partial charge in [-0.1, -0.05) is 18.7 Å². The summed E-state index contributed by atoms with van der Waals surface area (Å²) in [5, 5.41) is 3.46. The van der Waals surface area contributed by atoms with Crippen LogP contribution in [0.4, 0.5) is 0 Å². The molecule has 2 heteroatoms. The number of hydrogen-bond donors (Lipinski definition) is 1. The van der Waals surface area contributed by atoms with Crippen molar-refractivity contribution >= 4 is 11.6 Å². The van der Waals surface area contributed by atoms with Crippen molar-refractivity contribution in [1.29, 1.82) is 0 Å². The molecule has 16 heavy (non-hydrogen) atoms. The van der Waals surface area contributed by atoms with Crippen molar-refractivity contribution in [1.82, 2.24) is 10.3 Å². The monoisotopic (exact) mass is 212 g/mol. The Labute approximate surface area is 96.1 Å². The molecule has 1 aliphatic heterocycles. The number of pyridine rings is 1. The third-order valence-corrected chi connectivity index (χ3v) is 3.65. The van der Waals surface area contributed by atoms with Gasteiger partial charge < -0.3 is 5.32 Å². The van der Waals surface area contributed by atoms with Gasteiger partial charge in [-0.25, -0.2) is 0 Å². The highest BCUT2D eigenvalue weighted by atomic mass is 15.0. The standard InChI is InChI=1S/C14H16N2/c1-2-10-5-13(8-15-7-10)11-3-4-12-9-16-14(12)6-11/h2,5-8,12,14,16H,1,3-4,9H2/t12-,14-/m0/s1. The summed E-state index contributed by atoms with van der Waals surface area (Å²) >= 11 is 0. The van der Waals surface area contributed by atoms with Crippen LogP contribution >= 0.6 is 0 Å². The maximum Gasteiger partial charge on any atom is 0.0343 e. The molecule has 1 saturated heterocycles. The lowest BCUT2D eigenvalue weighted by molar-refractivity contribution is 0.256. The zero-order valence-electron chi connectivity index (χ0n) is 9.32. The molecular weight excluding hydrogens is 196 g/mol. The lowest BCUT2D eigenvalue weighted by Gasteiger charge is -2.40. The molecule has 3 rings (SSSR count). The third kappa shape index (κ3) is 1.59. The van der Waals surface area contributed by atoms with Crippen LogP contribution in [0.5, 0.6) is 0 Å². The SMILES string of the molecule is C=Cc1cncc(C2=C[C@@H]3NC[C@@H]3CC2)c1. The number of nitrogens with one attached hydrogen (secondary N) is 1. The predicted molar refractivity (Wildman–Crippen MR) is 66.8 cm³/mol. The Kier molecular flexibility index (Phi) is 2.37. The molecule has 1 N–H and O–H groups in total. The zero-order valence-corrected chi connectivity index (χ0v) is 9.32. The van der Waals surface area contributed by atoms with E-state index in [2.05, 4.69) is 29.0 Å². The Morgan fingerprint density at radius 3 is 3.06 bits per heavy atom. The van der Waals surface area contributed by atoms with Crippen LogP contribution in [0.3, 0.4) is 0 Å². The number of allylic oxidation sites excluding steroid dienone is 1. The van der Waals surface area contributed by atoms with E-state index in [1.807, 2.05) is 18.5 Å². The Morgan fingerprint density at radius 1 is 1.44 bits per heavy atom. The van der Waals surface area contributed by atoms with Crippen LogP contribution < -0.4 is 5.32 Å². The number of fused-ring (bicyclic) bond motifs is 1. The van der Waals surface area contributed by atoms with E-state index >= 15 is 0 Å². The zero-order chi connectivity index (χ0) is 11.0. The van der Waals surface area contributed by atoms with E-state index in [4.69, 9.17) is 0 Å². The summed E-state index contributed by atoms with van der Waals surface area (Å²) in [7, 11) is 0. The fourth-order valence-electron chi connectivity index (χ4n) is 2.52. The van der Waals surface area contributed by atoms with Gasteiger partial charge in [-0.15, -0.1) is 0 Å². The van der Waals surface area contributed by atoms with Gasteiger partial charge in [0.15, 0.2) is 0 Å². The molecule has 0 aromatic carbocycles. The maximum absolute atomic E-state index is 4.26. The van der Waals surface area contributed by atoms with E-state index in [0.717, 1.165) is 11.5 Å². The lowest BCUT2D eigenvalue weighted by atomic mass is 9.79. The Morgan fingerprint density at radius 2 is 2.38 bits per heavy atom. The van der Waals surface area contributed by atoms with Crippen LogP contribution in [0.1, 0.15) is 24.0 Å². The number of rotatable bonds is 2. The average Bonchev–Trinajstić information content (AvgIpc) is 2.31. The minimum Gasteiger partial charge on any atom is -0.310 e. The van der Waals surface area contributed by atoms with E-state index in [1.54, 1.807) is 0 Å². The quantitative estimate of drug-likeness (QED) is 0.814. The molecule has 2 heterocycles. The Bertz CT molecular complexity index is 448. The third-order valence-electron chi connectivity index (χ3n) is 3.65. The van der Waals surface area contributed by atoms with E-state index in [1.165, 1.54) is 30.5 Å². The molecule has 2 nitrogen and oxygen atoms in total. The molecule has 0 radical (unpaired) electrons. The molecule has 1 aromatic rings. The average molecular weight is 212 g/mol. The van der Waals surface area contributed by atoms with Crippen LogP contribution in [0.25, 0.3) is 11.6 Å². The highest BCUT2D eigenvalue weighted by molar-refractivity contribution is 5.68. The molecule has 1 fully saturated rings. The second kappa shape index (κ2) is 3.87. The second-order valence-corrected chi connectivity index (χ2v) is 4.64. The molecule has 2 atom stereocenters. The molecule has 1 aromatic heterocycles. The van der Waals surface area contributed by atoms with Gasteiger partial charge in [-0.3, -0.25) is 4.98 Å². The van der Waals surface area contributed by atoms with Crippen LogP contribution in [-0.4, -0.2) is 17.6 Å². The molecule has 0 amide bonds. The highest BCUT2D eigenvalue weighted by Gasteiger charge is 2.31. The first-order valence-corrected chi connectivity index (χ1v) is 5.89. The van der Waals surface area contributed by atoms with E-state index in [0.29, 0.717) is 6.04 Å². The Balaban J connectivity index is 1.91. The van der Waals surface area contributed by atoms with Gasteiger partial charge >= 0.3 is 0 Å². The summed E-state index contributed by atoms with van der Waals surface area (Å²) in [5.41, 5.74) is 3.79. The smallest absolute Gasteiger partial charge is 0.0343 e. The van der Waals surface area contributed by atoms with Gasteiger partial charge in [-0.05, 0) is 41.5 Å². The van der Waals surface area contributed by atoms with Crippen LogP contribution in [0.15, 0.2) is 31.1 Å². The normalized spacial score (nSPS) is 27.6. The molecular formula is C14H16N2. The molecule has 82 valence electrons. The summed E-state index contributed by atoms with van der Waals surface area (Å²) in [4.78, 5) is 4.26. The molecule has 0 unspecified atom stereocenters. The number of aromatic nitrogens is 1. The fourth-order valence-corrected chi connectivity index (χ4v) is 2.52.